The lowest BCUT2D eigenvalue weighted by Crippen LogP contribution is -2.52. The van der Waals surface area contributed by atoms with Crippen molar-refractivity contribution in [2.24, 2.45) is 0 Å². The molecule has 6 N–H and O–H groups in total. The van der Waals surface area contributed by atoms with E-state index in [4.69, 9.17) is 9.84 Å². The topological polar surface area (TPSA) is 217 Å². The molecule has 14 nitrogen and oxygen atoms in total. The van der Waals surface area contributed by atoms with Gasteiger partial charge >= 0.3 is 12.1 Å². The van der Waals surface area contributed by atoms with Crippen molar-refractivity contribution in [1.82, 2.24) is 21.3 Å². The van der Waals surface area contributed by atoms with E-state index in [1.165, 1.54) is 24.3 Å². The number of amides is 4. The van der Waals surface area contributed by atoms with Crippen molar-refractivity contribution in [3.05, 3.63) is 77.2 Å². The predicted molar refractivity (Wildman–Crippen MR) is 150 cm³/mol. The summed E-state index contributed by atoms with van der Waals surface area (Å²) in [7, 11) is -3.58. The summed E-state index contributed by atoms with van der Waals surface area (Å²) in [5.74, 6) is -3.64. The first-order valence-corrected chi connectivity index (χ1v) is 14.4. The van der Waals surface area contributed by atoms with Crippen LogP contribution in [0.1, 0.15) is 17.5 Å². The molecule has 0 heterocycles. The van der Waals surface area contributed by atoms with E-state index in [-0.39, 0.29) is 18.8 Å². The Morgan fingerprint density at radius 1 is 0.881 bits per heavy atom. The number of aromatic hydroxyl groups is 1. The summed E-state index contributed by atoms with van der Waals surface area (Å²) in [5, 5.41) is 28.7. The average Bonchev–Trinajstić information content (AvgIpc) is 2.93. The van der Waals surface area contributed by atoms with Gasteiger partial charge in [-0.25, -0.2) is 13.2 Å². The summed E-state index contributed by atoms with van der Waals surface area (Å²) < 4.78 is 27.7. The second-order valence-electron chi connectivity index (χ2n) is 9.05. The zero-order chi connectivity index (χ0) is 31.1. The fourth-order valence-corrected chi connectivity index (χ4v) is 3.87. The molecular formula is C27H32N4O10S. The Labute approximate surface area is 242 Å². The van der Waals surface area contributed by atoms with Crippen LogP contribution in [0, 0.1) is 0 Å². The molecule has 2 aromatic carbocycles. The molecule has 42 heavy (non-hydrogen) atoms. The highest BCUT2D eigenvalue weighted by Crippen LogP contribution is 2.11. The van der Waals surface area contributed by atoms with E-state index in [9.17, 15) is 37.5 Å². The zero-order valence-electron chi connectivity index (χ0n) is 22.6. The van der Waals surface area contributed by atoms with Crippen LogP contribution in [0.3, 0.4) is 0 Å². The van der Waals surface area contributed by atoms with Gasteiger partial charge in [0.15, 0.2) is 9.84 Å². The van der Waals surface area contributed by atoms with Crippen molar-refractivity contribution in [1.29, 1.82) is 0 Å². The van der Waals surface area contributed by atoms with Crippen LogP contribution in [-0.4, -0.2) is 79.8 Å². The number of sulfone groups is 1. The number of carboxylic acids is 1. The van der Waals surface area contributed by atoms with E-state index in [1.807, 2.05) is 0 Å². The van der Waals surface area contributed by atoms with Gasteiger partial charge in [0.25, 0.3) is 0 Å². The average molecular weight is 605 g/mol. The van der Waals surface area contributed by atoms with E-state index in [0.29, 0.717) is 5.56 Å². The summed E-state index contributed by atoms with van der Waals surface area (Å²) in [4.78, 5) is 60.8. The molecule has 0 radical (unpaired) electrons. The van der Waals surface area contributed by atoms with E-state index < -0.39 is 71.2 Å². The first kappa shape index (κ1) is 33.3. The molecule has 0 aliphatic rings. The standard InChI is InChI=1S/C27H32N4O10S/c1-42(39,40)12-11-20(14-25(35)36)30-23(33)15-28-26(37)22(13-18-7-9-21(32)10-8-18)31-24(34)16-29-27(38)41-17-19-5-3-2-4-6-19/h2-12,20,22,32H,13-17H2,1H3,(H,28,37)(H,29,38)(H,30,33)(H,31,34)(H,35,36)/b12-11+/t20-,22-/m1/s1. The highest BCUT2D eigenvalue weighted by molar-refractivity contribution is 7.93. The highest BCUT2D eigenvalue weighted by atomic mass is 32.2. The van der Waals surface area contributed by atoms with Gasteiger partial charge in [-0.15, -0.1) is 0 Å². The fraction of sp³-hybridized carbons (Fsp3) is 0.296. The quantitative estimate of drug-likeness (QED) is 0.160. The van der Waals surface area contributed by atoms with Crippen LogP contribution in [0.2, 0.25) is 0 Å². The van der Waals surface area contributed by atoms with Crippen LogP contribution >= 0.6 is 0 Å². The lowest BCUT2D eigenvalue weighted by atomic mass is 10.0. The number of aliphatic carboxylic acids is 1. The van der Waals surface area contributed by atoms with Crippen molar-refractivity contribution in [3.8, 4) is 5.75 Å². The van der Waals surface area contributed by atoms with Crippen molar-refractivity contribution in [2.75, 3.05) is 19.3 Å². The third-order valence-electron chi connectivity index (χ3n) is 5.36. The smallest absolute Gasteiger partial charge is 0.407 e. The molecule has 0 bridgehead atoms. The summed E-state index contributed by atoms with van der Waals surface area (Å²) in [6.07, 6.45) is 0.401. The lowest BCUT2D eigenvalue weighted by Gasteiger charge is -2.19. The van der Waals surface area contributed by atoms with E-state index in [0.717, 1.165) is 23.3 Å². The van der Waals surface area contributed by atoms with Crippen LogP contribution in [-0.2, 0) is 46.8 Å². The molecular weight excluding hydrogens is 572 g/mol. The van der Waals surface area contributed by atoms with Gasteiger partial charge in [0, 0.05) is 18.1 Å². The number of carbonyl (C=O) groups is 5. The maximum absolute atomic E-state index is 12.9. The highest BCUT2D eigenvalue weighted by Gasteiger charge is 2.23. The number of hydrogen-bond acceptors (Lipinski definition) is 9. The van der Waals surface area contributed by atoms with Crippen LogP contribution in [0.4, 0.5) is 4.79 Å². The minimum absolute atomic E-state index is 0.0143. The summed E-state index contributed by atoms with van der Waals surface area (Å²) in [5.41, 5.74) is 1.30. The molecule has 2 atom stereocenters. The Balaban J connectivity index is 1.97. The number of benzene rings is 2. The predicted octanol–water partition coefficient (Wildman–Crippen LogP) is -0.0201. The van der Waals surface area contributed by atoms with Gasteiger partial charge in [-0.2, -0.15) is 0 Å². The minimum atomic E-state index is -3.58. The van der Waals surface area contributed by atoms with Crippen molar-refractivity contribution in [2.45, 2.75) is 31.5 Å². The van der Waals surface area contributed by atoms with E-state index in [1.54, 1.807) is 30.3 Å². The normalized spacial score (nSPS) is 12.5. The van der Waals surface area contributed by atoms with Gasteiger partial charge in [0.05, 0.1) is 19.0 Å². The molecule has 4 amide bonds. The van der Waals surface area contributed by atoms with Crippen LogP contribution in [0.5, 0.6) is 5.75 Å². The van der Waals surface area contributed by atoms with Crippen molar-refractivity contribution in [3.63, 3.8) is 0 Å². The van der Waals surface area contributed by atoms with Crippen LogP contribution < -0.4 is 21.3 Å². The Morgan fingerprint density at radius 2 is 1.50 bits per heavy atom. The third-order valence-corrected chi connectivity index (χ3v) is 6.01. The molecule has 0 unspecified atom stereocenters. The Kier molecular flexibility index (Phi) is 13.0. The third kappa shape index (κ3) is 13.9. The Morgan fingerprint density at radius 3 is 2.12 bits per heavy atom. The Bertz CT molecular complexity index is 1380. The fourth-order valence-electron chi connectivity index (χ4n) is 3.39. The van der Waals surface area contributed by atoms with Crippen LogP contribution in [0.25, 0.3) is 0 Å². The second kappa shape index (κ2) is 16.4. The monoisotopic (exact) mass is 604 g/mol. The van der Waals surface area contributed by atoms with Gasteiger partial charge in [0.2, 0.25) is 17.7 Å². The molecule has 2 aromatic rings. The number of carboxylic acid groups (broad SMARTS) is 1. The largest absolute Gasteiger partial charge is 0.508 e. The first-order valence-electron chi connectivity index (χ1n) is 12.5. The molecule has 0 aliphatic carbocycles. The van der Waals surface area contributed by atoms with Gasteiger partial charge in [-0.3, -0.25) is 19.2 Å². The number of hydrogen-bond donors (Lipinski definition) is 6. The zero-order valence-corrected chi connectivity index (χ0v) is 23.4. The number of nitrogens with one attached hydrogen (secondary N) is 4. The lowest BCUT2D eigenvalue weighted by molar-refractivity contribution is -0.137. The molecule has 0 saturated heterocycles. The maximum atomic E-state index is 12.9. The molecule has 0 aromatic heterocycles. The van der Waals surface area contributed by atoms with E-state index in [2.05, 4.69) is 21.3 Å². The number of carbonyl (C=O) groups excluding carboxylic acids is 4. The minimum Gasteiger partial charge on any atom is -0.508 e. The maximum Gasteiger partial charge on any atom is 0.407 e. The second-order valence-corrected chi connectivity index (χ2v) is 11.0. The van der Waals surface area contributed by atoms with Gasteiger partial charge in [-0.05, 0) is 23.3 Å². The van der Waals surface area contributed by atoms with Crippen LogP contribution in [0.15, 0.2) is 66.1 Å². The molecule has 15 heteroatoms. The number of rotatable bonds is 15. The SMILES string of the molecule is CS(=O)(=O)/C=C/[C@H](CC(=O)O)NC(=O)CNC(=O)[C@@H](Cc1ccc(O)cc1)NC(=O)CNC(=O)OCc1ccccc1. The first-order chi connectivity index (χ1) is 19.8. The molecule has 0 saturated carbocycles. The molecule has 226 valence electrons. The van der Waals surface area contributed by atoms with E-state index >= 15 is 0 Å². The Hall–Kier alpha value is -4.92. The number of alkyl carbamates (subject to hydrolysis) is 1. The van der Waals surface area contributed by atoms with Crippen molar-refractivity contribution >= 4 is 39.6 Å². The van der Waals surface area contributed by atoms with Gasteiger partial charge in [-0.1, -0.05) is 48.5 Å². The van der Waals surface area contributed by atoms with Gasteiger partial charge in [0.1, 0.15) is 24.9 Å². The summed E-state index contributed by atoms with van der Waals surface area (Å²) in [6.45, 7) is -1.15. The molecule has 0 spiro atoms. The number of ether oxygens (including phenoxy) is 1. The van der Waals surface area contributed by atoms with Gasteiger partial charge < -0.3 is 36.2 Å². The summed E-state index contributed by atoms with van der Waals surface area (Å²) in [6, 6.07) is 12.3. The number of phenolic OH excluding ortho intramolecular Hbond substituents is 1. The molecule has 0 aliphatic heterocycles. The van der Waals surface area contributed by atoms with Crippen molar-refractivity contribution < 1.29 is 47.3 Å². The molecule has 2 rings (SSSR count). The molecule has 0 fully saturated rings. The summed E-state index contributed by atoms with van der Waals surface area (Å²) >= 11 is 0. The number of phenols is 1.